The predicted molar refractivity (Wildman–Crippen MR) is 68.7 cm³/mol. The zero-order valence-electron chi connectivity index (χ0n) is 11.3. The highest BCUT2D eigenvalue weighted by atomic mass is 16.5. The van der Waals surface area contributed by atoms with Crippen LogP contribution in [0.15, 0.2) is 0 Å². The van der Waals surface area contributed by atoms with Gasteiger partial charge in [-0.15, -0.1) is 0 Å². The third kappa shape index (κ3) is 3.68. The van der Waals surface area contributed by atoms with E-state index in [4.69, 9.17) is 10.5 Å². The first kappa shape index (κ1) is 14.5. The van der Waals surface area contributed by atoms with Gasteiger partial charge in [0.25, 0.3) is 0 Å². The molecule has 1 heterocycles. The van der Waals surface area contributed by atoms with Crippen LogP contribution in [0.1, 0.15) is 46.0 Å². The van der Waals surface area contributed by atoms with Crippen molar-refractivity contribution in [3.05, 3.63) is 0 Å². The molecular weight excluding hydrogens is 216 g/mol. The van der Waals surface area contributed by atoms with Crippen molar-refractivity contribution in [1.29, 1.82) is 0 Å². The summed E-state index contributed by atoms with van der Waals surface area (Å²) in [4.78, 5) is 14.3. The molecule has 1 saturated heterocycles. The van der Waals surface area contributed by atoms with Crippen LogP contribution in [0.3, 0.4) is 0 Å². The fraction of sp³-hybridized carbons (Fsp3) is 0.923. The Labute approximate surface area is 104 Å². The molecule has 1 fully saturated rings. The molecule has 100 valence electrons. The maximum Gasteiger partial charge on any atom is 0.239 e. The number of ether oxygens (including phenoxy) is 1. The second kappa shape index (κ2) is 6.97. The molecule has 4 nitrogen and oxygen atoms in total. The Morgan fingerprint density at radius 2 is 2.24 bits per heavy atom. The molecule has 0 aromatic carbocycles. The Morgan fingerprint density at radius 3 is 2.82 bits per heavy atom. The fourth-order valence-electron chi connectivity index (χ4n) is 2.63. The van der Waals surface area contributed by atoms with Crippen LogP contribution in [0.2, 0.25) is 0 Å². The molecule has 0 aliphatic carbocycles. The van der Waals surface area contributed by atoms with Crippen LogP contribution in [-0.4, -0.2) is 42.6 Å². The van der Waals surface area contributed by atoms with Crippen molar-refractivity contribution in [3.8, 4) is 0 Å². The summed E-state index contributed by atoms with van der Waals surface area (Å²) in [5, 5.41) is 0. The lowest BCUT2D eigenvalue weighted by atomic mass is 10.1. The van der Waals surface area contributed by atoms with Gasteiger partial charge in [-0.25, -0.2) is 0 Å². The van der Waals surface area contributed by atoms with Crippen molar-refractivity contribution >= 4 is 5.91 Å². The highest BCUT2D eigenvalue weighted by Gasteiger charge is 2.35. The Morgan fingerprint density at radius 1 is 1.53 bits per heavy atom. The summed E-state index contributed by atoms with van der Waals surface area (Å²) >= 11 is 0. The summed E-state index contributed by atoms with van der Waals surface area (Å²) in [7, 11) is 1.67. The number of nitrogens with two attached hydrogens (primary N) is 1. The molecule has 0 radical (unpaired) electrons. The summed E-state index contributed by atoms with van der Waals surface area (Å²) < 4.78 is 4.98. The summed E-state index contributed by atoms with van der Waals surface area (Å²) in [5.41, 5.74) is 5.97. The standard InChI is InChI=1S/C13H26N2O2/c1-4-11-8-7-10(2)15(11)13(16)12(14)6-5-9-17-3/h10-12H,4-9,14H2,1-3H3. The zero-order valence-corrected chi connectivity index (χ0v) is 11.3. The van der Waals surface area contributed by atoms with Gasteiger partial charge in [0.1, 0.15) is 0 Å². The van der Waals surface area contributed by atoms with Gasteiger partial charge >= 0.3 is 0 Å². The second-order valence-corrected chi connectivity index (χ2v) is 4.98. The van der Waals surface area contributed by atoms with Gasteiger partial charge in [0.05, 0.1) is 6.04 Å². The highest BCUT2D eigenvalue weighted by molar-refractivity contribution is 5.82. The van der Waals surface area contributed by atoms with Gasteiger partial charge in [-0.05, 0) is 39.0 Å². The van der Waals surface area contributed by atoms with Gasteiger partial charge in [-0.3, -0.25) is 4.79 Å². The van der Waals surface area contributed by atoms with E-state index >= 15 is 0 Å². The second-order valence-electron chi connectivity index (χ2n) is 4.98. The van der Waals surface area contributed by atoms with Crippen molar-refractivity contribution in [2.75, 3.05) is 13.7 Å². The molecule has 0 spiro atoms. The van der Waals surface area contributed by atoms with Crippen molar-refractivity contribution in [1.82, 2.24) is 4.90 Å². The van der Waals surface area contributed by atoms with E-state index in [-0.39, 0.29) is 11.9 Å². The van der Waals surface area contributed by atoms with E-state index in [9.17, 15) is 4.79 Å². The topological polar surface area (TPSA) is 55.6 Å². The molecule has 1 aliphatic rings. The van der Waals surface area contributed by atoms with Gasteiger partial charge in [-0.1, -0.05) is 6.92 Å². The molecule has 3 unspecified atom stereocenters. The summed E-state index contributed by atoms with van der Waals surface area (Å²) in [6.45, 7) is 4.93. The highest BCUT2D eigenvalue weighted by Crippen LogP contribution is 2.26. The van der Waals surface area contributed by atoms with Crippen molar-refractivity contribution in [3.63, 3.8) is 0 Å². The van der Waals surface area contributed by atoms with E-state index in [2.05, 4.69) is 13.8 Å². The molecular formula is C13H26N2O2. The number of hydrogen-bond donors (Lipinski definition) is 1. The lowest BCUT2D eigenvalue weighted by molar-refractivity contribution is -0.135. The van der Waals surface area contributed by atoms with Gasteiger partial charge in [0.2, 0.25) is 5.91 Å². The molecule has 2 N–H and O–H groups in total. The van der Waals surface area contributed by atoms with Crippen LogP contribution < -0.4 is 5.73 Å². The number of nitrogens with zero attached hydrogens (tertiary/aromatic N) is 1. The Bertz CT molecular complexity index is 246. The summed E-state index contributed by atoms with van der Waals surface area (Å²) in [6.07, 6.45) is 4.82. The van der Waals surface area contributed by atoms with Crippen LogP contribution in [0.25, 0.3) is 0 Å². The quantitative estimate of drug-likeness (QED) is 0.719. The molecule has 3 atom stereocenters. The molecule has 1 rings (SSSR count). The largest absolute Gasteiger partial charge is 0.385 e. The van der Waals surface area contributed by atoms with E-state index in [0.29, 0.717) is 25.1 Å². The number of amides is 1. The third-order valence-electron chi connectivity index (χ3n) is 3.69. The van der Waals surface area contributed by atoms with Gasteiger partial charge in [0.15, 0.2) is 0 Å². The molecule has 1 aliphatic heterocycles. The average molecular weight is 242 g/mol. The van der Waals surface area contributed by atoms with Crippen LogP contribution in [0.5, 0.6) is 0 Å². The molecule has 0 aromatic heterocycles. The number of likely N-dealkylation sites (tertiary alicyclic amines) is 1. The van der Waals surface area contributed by atoms with Gasteiger partial charge < -0.3 is 15.4 Å². The van der Waals surface area contributed by atoms with E-state index in [0.717, 1.165) is 25.7 Å². The third-order valence-corrected chi connectivity index (χ3v) is 3.69. The summed E-state index contributed by atoms with van der Waals surface area (Å²) in [5.74, 6) is 0.123. The minimum Gasteiger partial charge on any atom is -0.385 e. The Balaban J connectivity index is 2.49. The molecule has 17 heavy (non-hydrogen) atoms. The maximum absolute atomic E-state index is 12.3. The Hall–Kier alpha value is -0.610. The van der Waals surface area contributed by atoms with E-state index in [1.165, 1.54) is 0 Å². The lowest BCUT2D eigenvalue weighted by Crippen LogP contribution is -2.48. The van der Waals surface area contributed by atoms with Crippen molar-refractivity contribution in [2.24, 2.45) is 5.73 Å². The number of carbonyl (C=O) groups excluding carboxylic acids is 1. The zero-order chi connectivity index (χ0) is 12.8. The maximum atomic E-state index is 12.3. The molecule has 0 bridgehead atoms. The smallest absolute Gasteiger partial charge is 0.239 e. The molecule has 0 aromatic rings. The van der Waals surface area contributed by atoms with Crippen molar-refractivity contribution in [2.45, 2.75) is 64.1 Å². The summed E-state index contributed by atoms with van der Waals surface area (Å²) in [6, 6.07) is 0.381. The van der Waals surface area contributed by atoms with Gasteiger partial charge in [0, 0.05) is 25.8 Å². The first-order valence-electron chi connectivity index (χ1n) is 6.68. The molecule has 0 saturated carbocycles. The van der Waals surface area contributed by atoms with E-state index in [1.54, 1.807) is 7.11 Å². The minimum atomic E-state index is -0.361. The normalized spacial score (nSPS) is 26.2. The first-order valence-corrected chi connectivity index (χ1v) is 6.68. The van der Waals surface area contributed by atoms with E-state index in [1.807, 2.05) is 4.90 Å². The first-order chi connectivity index (χ1) is 8.11. The number of methoxy groups -OCH3 is 1. The van der Waals surface area contributed by atoms with Crippen LogP contribution in [0, 0.1) is 0 Å². The SMILES string of the molecule is CCC1CCC(C)N1C(=O)C(N)CCCOC. The van der Waals surface area contributed by atoms with Gasteiger partial charge in [-0.2, -0.15) is 0 Å². The lowest BCUT2D eigenvalue weighted by Gasteiger charge is -2.30. The average Bonchev–Trinajstić information content (AvgIpc) is 2.69. The number of hydrogen-bond acceptors (Lipinski definition) is 3. The van der Waals surface area contributed by atoms with E-state index < -0.39 is 0 Å². The Kier molecular flexibility index (Phi) is 5.92. The molecule has 1 amide bonds. The van der Waals surface area contributed by atoms with Crippen LogP contribution >= 0.6 is 0 Å². The van der Waals surface area contributed by atoms with Crippen molar-refractivity contribution < 1.29 is 9.53 Å². The monoisotopic (exact) mass is 242 g/mol. The minimum absolute atomic E-state index is 0.123. The van der Waals surface area contributed by atoms with Crippen LogP contribution in [-0.2, 0) is 9.53 Å². The van der Waals surface area contributed by atoms with Crippen LogP contribution in [0.4, 0.5) is 0 Å². The number of rotatable bonds is 6. The predicted octanol–water partition coefficient (Wildman–Crippen LogP) is 1.53. The fourth-order valence-corrected chi connectivity index (χ4v) is 2.63. The molecule has 4 heteroatoms. The number of carbonyl (C=O) groups is 1.